The molecule has 0 aliphatic heterocycles. The van der Waals surface area contributed by atoms with Gasteiger partial charge in [-0.3, -0.25) is 0 Å². The zero-order chi connectivity index (χ0) is 13.1. The average Bonchev–Trinajstić information content (AvgIpc) is 2.99. The lowest BCUT2D eigenvalue weighted by atomic mass is 10.0. The Labute approximate surface area is 119 Å². The maximum Gasteiger partial charge on any atom is 0.121 e. The molecule has 1 heterocycles. The highest BCUT2D eigenvalue weighted by Crippen LogP contribution is 2.61. The Balaban J connectivity index is 1.45. The molecule has 2 unspecified atom stereocenters. The van der Waals surface area contributed by atoms with E-state index in [0.717, 1.165) is 43.9 Å². The van der Waals surface area contributed by atoms with Gasteiger partial charge in [-0.2, -0.15) is 0 Å². The molecular weight excluding hydrogens is 258 g/mol. The van der Waals surface area contributed by atoms with Crippen LogP contribution in [0.5, 0.6) is 0 Å². The third-order valence-corrected chi connectivity index (χ3v) is 5.51. The molecule has 2 saturated carbocycles. The minimum atomic E-state index is 0.759. The van der Waals surface area contributed by atoms with Crippen molar-refractivity contribution in [3.05, 3.63) is 10.0 Å². The van der Waals surface area contributed by atoms with Crippen molar-refractivity contribution in [1.29, 1.82) is 0 Å². The number of hydrogen-bond donors (Lipinski definition) is 1. The van der Waals surface area contributed by atoms with Crippen LogP contribution in [0.25, 0.3) is 0 Å². The van der Waals surface area contributed by atoms with Crippen molar-refractivity contribution in [3.63, 3.8) is 0 Å². The fourth-order valence-electron chi connectivity index (χ4n) is 3.36. The molecule has 3 rings (SSSR count). The second-order valence-electron chi connectivity index (χ2n) is 5.66. The van der Waals surface area contributed by atoms with E-state index < -0.39 is 0 Å². The Bertz CT molecular complexity index is 397. The molecule has 2 atom stereocenters. The predicted molar refractivity (Wildman–Crippen MR) is 76.5 cm³/mol. The van der Waals surface area contributed by atoms with Crippen molar-refractivity contribution < 1.29 is 4.74 Å². The van der Waals surface area contributed by atoms with Crippen LogP contribution < -0.4 is 5.32 Å². The summed E-state index contributed by atoms with van der Waals surface area (Å²) in [6.07, 6.45) is 6.68. The number of methoxy groups -OCH3 is 1. The molecule has 4 nitrogen and oxygen atoms in total. The van der Waals surface area contributed by atoms with Crippen LogP contribution in [-0.4, -0.2) is 37.0 Å². The fraction of sp³-hybridized carbons (Fsp3) is 0.857. The standard InChI is InChI=1S/C14H23N3OS/c1-18-9-8-15-7-6-12-16-17-14(19-12)13-10-4-2-3-5-11(10)13/h10-11,13,15H,2-9H2,1H3. The van der Waals surface area contributed by atoms with Crippen molar-refractivity contribution in [1.82, 2.24) is 15.5 Å². The average molecular weight is 281 g/mol. The number of aromatic nitrogens is 2. The highest BCUT2D eigenvalue weighted by molar-refractivity contribution is 7.11. The summed E-state index contributed by atoms with van der Waals surface area (Å²) in [6.45, 7) is 2.65. The molecule has 0 radical (unpaired) electrons. The van der Waals surface area contributed by atoms with E-state index in [1.165, 1.54) is 35.7 Å². The summed E-state index contributed by atoms with van der Waals surface area (Å²) in [5, 5.41) is 14.6. The Morgan fingerprint density at radius 3 is 2.74 bits per heavy atom. The van der Waals surface area contributed by atoms with E-state index in [9.17, 15) is 0 Å². The topological polar surface area (TPSA) is 47.0 Å². The minimum Gasteiger partial charge on any atom is -0.383 e. The maximum absolute atomic E-state index is 5.00. The lowest BCUT2D eigenvalue weighted by Gasteiger charge is -2.04. The summed E-state index contributed by atoms with van der Waals surface area (Å²) in [7, 11) is 1.73. The fourth-order valence-corrected chi connectivity index (χ4v) is 4.45. The highest BCUT2D eigenvalue weighted by atomic mass is 32.1. The van der Waals surface area contributed by atoms with Crippen molar-refractivity contribution >= 4 is 11.3 Å². The molecule has 2 aliphatic carbocycles. The Morgan fingerprint density at radius 1 is 1.21 bits per heavy atom. The molecule has 106 valence electrons. The van der Waals surface area contributed by atoms with Gasteiger partial charge in [0.05, 0.1) is 6.61 Å². The summed E-state index contributed by atoms with van der Waals surface area (Å²) >= 11 is 1.84. The smallest absolute Gasteiger partial charge is 0.121 e. The number of nitrogens with one attached hydrogen (secondary N) is 1. The van der Waals surface area contributed by atoms with E-state index in [-0.39, 0.29) is 0 Å². The van der Waals surface area contributed by atoms with E-state index >= 15 is 0 Å². The molecule has 2 fully saturated rings. The molecule has 0 bridgehead atoms. The van der Waals surface area contributed by atoms with Crippen LogP contribution in [0.3, 0.4) is 0 Å². The first-order chi connectivity index (χ1) is 9.40. The first-order valence-corrected chi connectivity index (χ1v) is 8.23. The van der Waals surface area contributed by atoms with Gasteiger partial charge in [-0.1, -0.05) is 12.8 Å². The molecule has 1 aromatic heterocycles. The molecule has 0 spiro atoms. The Hall–Kier alpha value is -0.520. The second-order valence-corrected chi connectivity index (χ2v) is 6.76. The number of hydrogen-bond acceptors (Lipinski definition) is 5. The maximum atomic E-state index is 5.00. The largest absolute Gasteiger partial charge is 0.383 e. The van der Waals surface area contributed by atoms with Crippen LogP contribution in [0.15, 0.2) is 0 Å². The Morgan fingerprint density at radius 2 is 2.00 bits per heavy atom. The van der Waals surface area contributed by atoms with Gasteiger partial charge in [0, 0.05) is 32.5 Å². The second kappa shape index (κ2) is 6.29. The summed E-state index contributed by atoms with van der Waals surface area (Å²) in [5.41, 5.74) is 0. The summed E-state index contributed by atoms with van der Waals surface area (Å²) in [5.74, 6) is 2.64. The molecule has 1 aromatic rings. The number of nitrogens with zero attached hydrogens (tertiary/aromatic N) is 2. The van der Waals surface area contributed by atoms with Gasteiger partial charge in [0.25, 0.3) is 0 Å². The van der Waals surface area contributed by atoms with Gasteiger partial charge in [-0.15, -0.1) is 21.5 Å². The van der Waals surface area contributed by atoms with Gasteiger partial charge in [0.2, 0.25) is 0 Å². The normalized spacial score (nSPS) is 29.2. The zero-order valence-electron chi connectivity index (χ0n) is 11.6. The van der Waals surface area contributed by atoms with Crippen LogP contribution in [0.4, 0.5) is 0 Å². The quantitative estimate of drug-likeness (QED) is 0.779. The van der Waals surface area contributed by atoms with Crippen molar-refractivity contribution in [2.75, 3.05) is 26.8 Å². The molecule has 0 saturated heterocycles. The number of rotatable bonds is 7. The van der Waals surface area contributed by atoms with Gasteiger partial charge in [0.15, 0.2) is 0 Å². The number of ether oxygens (including phenoxy) is 1. The number of fused-ring (bicyclic) bond motifs is 1. The molecule has 0 amide bonds. The highest BCUT2D eigenvalue weighted by Gasteiger charge is 2.52. The van der Waals surface area contributed by atoms with Crippen LogP contribution >= 0.6 is 11.3 Å². The summed E-state index contributed by atoms with van der Waals surface area (Å²) < 4.78 is 5.00. The van der Waals surface area contributed by atoms with Crippen LogP contribution in [0.2, 0.25) is 0 Å². The van der Waals surface area contributed by atoms with Crippen LogP contribution in [-0.2, 0) is 11.2 Å². The van der Waals surface area contributed by atoms with E-state index in [0.29, 0.717) is 0 Å². The lowest BCUT2D eigenvalue weighted by molar-refractivity contribution is 0.199. The van der Waals surface area contributed by atoms with Gasteiger partial charge in [-0.05, 0) is 24.7 Å². The van der Waals surface area contributed by atoms with Gasteiger partial charge >= 0.3 is 0 Å². The van der Waals surface area contributed by atoms with E-state index in [1.54, 1.807) is 7.11 Å². The first kappa shape index (κ1) is 13.5. The lowest BCUT2D eigenvalue weighted by Crippen LogP contribution is -2.21. The minimum absolute atomic E-state index is 0.759. The van der Waals surface area contributed by atoms with Crippen LogP contribution in [0.1, 0.15) is 41.6 Å². The van der Waals surface area contributed by atoms with Gasteiger partial charge in [-0.25, -0.2) is 0 Å². The zero-order valence-corrected chi connectivity index (χ0v) is 12.4. The molecule has 1 N–H and O–H groups in total. The van der Waals surface area contributed by atoms with Gasteiger partial charge < -0.3 is 10.1 Å². The van der Waals surface area contributed by atoms with Crippen molar-refractivity contribution in [3.8, 4) is 0 Å². The first-order valence-electron chi connectivity index (χ1n) is 7.42. The van der Waals surface area contributed by atoms with Crippen LogP contribution in [0, 0.1) is 11.8 Å². The predicted octanol–water partition coefficient (Wildman–Crippen LogP) is 2.22. The molecule has 19 heavy (non-hydrogen) atoms. The van der Waals surface area contributed by atoms with Crippen molar-refractivity contribution in [2.24, 2.45) is 11.8 Å². The molecule has 0 aromatic carbocycles. The summed E-state index contributed by atoms with van der Waals surface area (Å²) in [6, 6.07) is 0. The summed E-state index contributed by atoms with van der Waals surface area (Å²) in [4.78, 5) is 0. The molecule has 5 heteroatoms. The monoisotopic (exact) mass is 281 g/mol. The van der Waals surface area contributed by atoms with E-state index in [4.69, 9.17) is 4.74 Å². The SMILES string of the molecule is COCCNCCc1nnc(C2C3CCCCC32)s1. The van der Waals surface area contributed by atoms with Crippen molar-refractivity contribution in [2.45, 2.75) is 38.0 Å². The third kappa shape index (κ3) is 3.15. The molecule has 2 aliphatic rings. The third-order valence-electron chi connectivity index (χ3n) is 4.42. The van der Waals surface area contributed by atoms with Gasteiger partial charge in [0.1, 0.15) is 10.0 Å². The van der Waals surface area contributed by atoms with E-state index in [1.807, 2.05) is 11.3 Å². The molecular formula is C14H23N3OS. The van der Waals surface area contributed by atoms with E-state index in [2.05, 4.69) is 15.5 Å². The Kier molecular flexibility index (Phi) is 4.45.